The number of anilines is 1. The summed E-state index contributed by atoms with van der Waals surface area (Å²) in [5.74, 6) is 1.15. The van der Waals surface area contributed by atoms with E-state index in [0.29, 0.717) is 31.5 Å². The molecule has 1 aliphatic heterocycles. The number of carbonyl (C=O) groups excluding carboxylic acids is 1. The number of nitrogens with zero attached hydrogens (tertiary/aromatic N) is 2. The summed E-state index contributed by atoms with van der Waals surface area (Å²) in [6.07, 6.45) is 2.97. The first-order valence-corrected chi connectivity index (χ1v) is 6.80. The van der Waals surface area contributed by atoms with Crippen LogP contribution in [0.3, 0.4) is 0 Å². The van der Waals surface area contributed by atoms with Gasteiger partial charge in [0, 0.05) is 25.4 Å². The molecule has 0 bridgehead atoms. The highest BCUT2D eigenvalue weighted by atomic mass is 16.5. The zero-order valence-corrected chi connectivity index (χ0v) is 11.6. The van der Waals surface area contributed by atoms with Crippen molar-refractivity contribution in [2.24, 2.45) is 5.92 Å². The summed E-state index contributed by atoms with van der Waals surface area (Å²) in [4.78, 5) is 11.9. The number of ether oxygens (including phenoxy) is 1. The largest absolute Gasteiger partial charge is 0.378 e. The third-order valence-electron chi connectivity index (χ3n) is 3.07. The van der Waals surface area contributed by atoms with Crippen LogP contribution in [0.25, 0.3) is 0 Å². The number of carbonyl (C=O) groups is 1. The van der Waals surface area contributed by atoms with Crippen LogP contribution < -0.4 is 10.6 Å². The highest BCUT2D eigenvalue weighted by molar-refractivity contribution is 5.94. The van der Waals surface area contributed by atoms with Crippen LogP contribution in [0, 0.1) is 5.92 Å². The van der Waals surface area contributed by atoms with Gasteiger partial charge in [-0.1, -0.05) is 13.8 Å². The summed E-state index contributed by atoms with van der Waals surface area (Å²) >= 11 is 0. The van der Waals surface area contributed by atoms with Crippen molar-refractivity contribution in [1.29, 1.82) is 0 Å². The lowest BCUT2D eigenvalue weighted by molar-refractivity contribution is -0.120. The van der Waals surface area contributed by atoms with Crippen molar-refractivity contribution in [3.05, 3.63) is 12.3 Å². The normalized spacial score (nSPS) is 19.6. The van der Waals surface area contributed by atoms with Crippen LogP contribution in [0.5, 0.6) is 0 Å². The highest BCUT2D eigenvalue weighted by Crippen LogP contribution is 2.07. The second kappa shape index (κ2) is 6.68. The minimum absolute atomic E-state index is 0.0891. The molecule has 2 N–H and O–H groups in total. The Labute approximate surface area is 113 Å². The molecule has 0 spiro atoms. The summed E-state index contributed by atoms with van der Waals surface area (Å²) < 4.78 is 7.12. The molecule has 6 nitrogen and oxygen atoms in total. The lowest BCUT2D eigenvalue weighted by Crippen LogP contribution is -2.48. The average Bonchev–Trinajstić information content (AvgIpc) is 2.85. The Morgan fingerprint density at radius 2 is 2.53 bits per heavy atom. The number of amides is 1. The van der Waals surface area contributed by atoms with E-state index in [1.54, 1.807) is 0 Å². The molecular formula is C13H22N4O2. The van der Waals surface area contributed by atoms with E-state index in [1.807, 2.05) is 16.9 Å². The van der Waals surface area contributed by atoms with Gasteiger partial charge in [-0.2, -0.15) is 5.10 Å². The topological polar surface area (TPSA) is 68.2 Å². The molecule has 1 atom stereocenters. The first-order chi connectivity index (χ1) is 9.15. The van der Waals surface area contributed by atoms with Gasteiger partial charge >= 0.3 is 0 Å². The molecular weight excluding hydrogens is 244 g/mol. The van der Waals surface area contributed by atoms with Gasteiger partial charge in [-0.25, -0.2) is 0 Å². The summed E-state index contributed by atoms with van der Waals surface area (Å²) in [7, 11) is 0. The highest BCUT2D eigenvalue weighted by Gasteiger charge is 2.21. The van der Waals surface area contributed by atoms with Crippen LogP contribution in [0.2, 0.25) is 0 Å². The maximum Gasteiger partial charge on any atom is 0.245 e. The van der Waals surface area contributed by atoms with E-state index in [9.17, 15) is 4.79 Å². The van der Waals surface area contributed by atoms with Gasteiger partial charge in [-0.15, -0.1) is 0 Å². The van der Waals surface area contributed by atoms with Crippen molar-refractivity contribution in [3.8, 4) is 0 Å². The predicted molar refractivity (Wildman–Crippen MR) is 72.9 cm³/mol. The van der Waals surface area contributed by atoms with Crippen LogP contribution in [0.4, 0.5) is 5.82 Å². The zero-order chi connectivity index (χ0) is 13.7. The second-order valence-corrected chi connectivity index (χ2v) is 5.22. The molecule has 1 aliphatic rings. The maximum atomic E-state index is 11.9. The Kier molecular flexibility index (Phi) is 4.93. The molecule has 1 amide bonds. The monoisotopic (exact) mass is 266 g/mol. The van der Waals surface area contributed by atoms with Crippen LogP contribution in [0.1, 0.15) is 20.3 Å². The molecule has 0 saturated carbocycles. The summed E-state index contributed by atoms with van der Waals surface area (Å²) in [5, 5.41) is 10.3. The fourth-order valence-electron chi connectivity index (χ4n) is 1.89. The average molecular weight is 266 g/mol. The quantitative estimate of drug-likeness (QED) is 0.829. The minimum atomic E-state index is -0.283. The Morgan fingerprint density at radius 1 is 1.68 bits per heavy atom. The molecule has 6 heteroatoms. The SMILES string of the molecule is CC(C)CCn1ccc(NC(=O)C2COCCN2)n1. The first-order valence-electron chi connectivity index (χ1n) is 6.80. The smallest absolute Gasteiger partial charge is 0.245 e. The number of aromatic nitrogens is 2. The number of morpholine rings is 1. The van der Waals surface area contributed by atoms with E-state index in [2.05, 4.69) is 29.6 Å². The lowest BCUT2D eigenvalue weighted by Gasteiger charge is -2.22. The van der Waals surface area contributed by atoms with E-state index in [0.717, 1.165) is 13.0 Å². The van der Waals surface area contributed by atoms with E-state index in [1.165, 1.54) is 0 Å². The van der Waals surface area contributed by atoms with Crippen molar-refractivity contribution in [3.63, 3.8) is 0 Å². The van der Waals surface area contributed by atoms with E-state index < -0.39 is 0 Å². The van der Waals surface area contributed by atoms with Crippen LogP contribution in [0.15, 0.2) is 12.3 Å². The Bertz CT molecular complexity index is 411. The van der Waals surface area contributed by atoms with Gasteiger partial charge in [-0.3, -0.25) is 9.48 Å². The van der Waals surface area contributed by atoms with Gasteiger partial charge in [0.2, 0.25) is 5.91 Å². The molecule has 1 fully saturated rings. The fourth-order valence-corrected chi connectivity index (χ4v) is 1.89. The van der Waals surface area contributed by atoms with E-state index >= 15 is 0 Å². The van der Waals surface area contributed by atoms with E-state index in [4.69, 9.17) is 4.74 Å². The van der Waals surface area contributed by atoms with Crippen molar-refractivity contribution >= 4 is 11.7 Å². The summed E-state index contributed by atoms with van der Waals surface area (Å²) in [6.45, 7) is 7.02. The first kappa shape index (κ1) is 14.0. The van der Waals surface area contributed by atoms with Gasteiger partial charge in [0.1, 0.15) is 6.04 Å². The maximum absolute atomic E-state index is 11.9. The molecule has 106 valence electrons. The third-order valence-corrected chi connectivity index (χ3v) is 3.07. The summed E-state index contributed by atoms with van der Waals surface area (Å²) in [6, 6.07) is 1.54. The van der Waals surface area contributed by atoms with Crippen molar-refractivity contribution in [2.75, 3.05) is 25.1 Å². The molecule has 0 aliphatic carbocycles. The third kappa shape index (κ3) is 4.33. The molecule has 2 rings (SSSR count). The Balaban J connectivity index is 1.83. The van der Waals surface area contributed by atoms with Crippen LogP contribution >= 0.6 is 0 Å². The predicted octanol–water partition coefficient (Wildman–Crippen LogP) is 0.856. The Morgan fingerprint density at radius 3 is 3.21 bits per heavy atom. The Hall–Kier alpha value is -1.40. The number of hydrogen-bond acceptors (Lipinski definition) is 4. The van der Waals surface area contributed by atoms with Gasteiger partial charge in [0.05, 0.1) is 13.2 Å². The van der Waals surface area contributed by atoms with Gasteiger partial charge in [0.15, 0.2) is 5.82 Å². The van der Waals surface area contributed by atoms with E-state index in [-0.39, 0.29) is 11.9 Å². The molecule has 1 aromatic rings. The van der Waals surface area contributed by atoms with Crippen molar-refractivity contribution in [1.82, 2.24) is 15.1 Å². The fraction of sp³-hybridized carbons (Fsp3) is 0.692. The molecule has 1 unspecified atom stereocenters. The number of hydrogen-bond donors (Lipinski definition) is 2. The molecule has 19 heavy (non-hydrogen) atoms. The minimum Gasteiger partial charge on any atom is -0.378 e. The van der Waals surface area contributed by atoms with Gasteiger partial charge in [-0.05, 0) is 12.3 Å². The molecule has 0 radical (unpaired) electrons. The lowest BCUT2D eigenvalue weighted by atomic mass is 10.1. The standard InChI is InChI=1S/C13H22N4O2/c1-10(2)3-6-17-7-4-12(16-17)15-13(18)11-9-19-8-5-14-11/h4,7,10-11,14H,3,5-6,8-9H2,1-2H3,(H,15,16,18). The zero-order valence-electron chi connectivity index (χ0n) is 11.6. The van der Waals surface area contributed by atoms with Crippen LogP contribution in [-0.4, -0.2) is 41.5 Å². The molecule has 1 aromatic heterocycles. The van der Waals surface area contributed by atoms with Crippen molar-refractivity contribution < 1.29 is 9.53 Å². The van der Waals surface area contributed by atoms with Gasteiger partial charge in [0.25, 0.3) is 0 Å². The molecule has 2 heterocycles. The number of rotatable bonds is 5. The second-order valence-electron chi connectivity index (χ2n) is 5.22. The van der Waals surface area contributed by atoms with Gasteiger partial charge < -0.3 is 15.4 Å². The molecule has 1 saturated heterocycles. The number of nitrogens with one attached hydrogen (secondary N) is 2. The summed E-state index contributed by atoms with van der Waals surface area (Å²) in [5.41, 5.74) is 0. The van der Waals surface area contributed by atoms with Crippen LogP contribution in [-0.2, 0) is 16.1 Å². The molecule has 0 aromatic carbocycles. The number of aryl methyl sites for hydroxylation is 1. The van der Waals surface area contributed by atoms with Crippen molar-refractivity contribution in [2.45, 2.75) is 32.9 Å².